The molecule has 7 nitrogen and oxygen atoms in total. The highest BCUT2D eigenvalue weighted by molar-refractivity contribution is 5.86. The second-order valence-electron chi connectivity index (χ2n) is 6.31. The number of fused-ring (bicyclic) bond motifs is 1. The summed E-state index contributed by atoms with van der Waals surface area (Å²) in [6.07, 6.45) is 7.08. The normalized spacial score (nSPS) is 19.5. The standard InChI is InChI=1S/C19H19N5O2/c1-12-10-13(8-9-15(12)26-14-6-4-3-5-7-14)24-16-17(20)21-11-22-18(16)23(2)19(24)25/h3-12,15H,1-2H3,(H2,20,21,22). The molecule has 1 aliphatic carbocycles. The van der Waals surface area contributed by atoms with Crippen LogP contribution < -0.4 is 16.2 Å². The molecule has 2 heterocycles. The van der Waals surface area contributed by atoms with Crippen LogP contribution in [0.1, 0.15) is 6.92 Å². The number of rotatable bonds is 3. The van der Waals surface area contributed by atoms with Crippen molar-refractivity contribution < 1.29 is 4.74 Å². The zero-order valence-corrected chi connectivity index (χ0v) is 14.5. The maximum Gasteiger partial charge on any atom is 0.334 e. The van der Waals surface area contributed by atoms with Crippen LogP contribution in [0.15, 0.2) is 59.7 Å². The molecule has 0 aliphatic heterocycles. The number of allylic oxidation sites excluding steroid dienone is 2. The van der Waals surface area contributed by atoms with Crippen LogP contribution in [0.3, 0.4) is 0 Å². The van der Waals surface area contributed by atoms with Crippen molar-refractivity contribution in [2.24, 2.45) is 13.0 Å². The number of anilines is 1. The summed E-state index contributed by atoms with van der Waals surface area (Å²) in [5.74, 6) is 1.16. The third-order valence-corrected chi connectivity index (χ3v) is 4.53. The Kier molecular flexibility index (Phi) is 3.84. The molecule has 7 heteroatoms. The van der Waals surface area contributed by atoms with Crippen molar-refractivity contribution >= 4 is 22.7 Å². The molecule has 3 aromatic rings. The molecule has 0 fully saturated rings. The monoisotopic (exact) mass is 349 g/mol. The Balaban J connectivity index is 1.72. The van der Waals surface area contributed by atoms with Gasteiger partial charge in [0.2, 0.25) is 0 Å². The Morgan fingerprint density at radius 1 is 1.19 bits per heavy atom. The van der Waals surface area contributed by atoms with Gasteiger partial charge in [-0.2, -0.15) is 0 Å². The van der Waals surface area contributed by atoms with Gasteiger partial charge in [0.05, 0.1) is 0 Å². The number of hydrogen-bond acceptors (Lipinski definition) is 5. The summed E-state index contributed by atoms with van der Waals surface area (Å²) in [4.78, 5) is 20.9. The molecule has 2 atom stereocenters. The van der Waals surface area contributed by atoms with Gasteiger partial charge in [-0.15, -0.1) is 0 Å². The Hall–Kier alpha value is -3.35. The fraction of sp³-hybridized carbons (Fsp3) is 0.211. The average molecular weight is 349 g/mol. The van der Waals surface area contributed by atoms with Gasteiger partial charge >= 0.3 is 5.69 Å². The highest BCUT2D eigenvalue weighted by atomic mass is 16.5. The second-order valence-corrected chi connectivity index (χ2v) is 6.31. The first-order valence-electron chi connectivity index (χ1n) is 8.36. The van der Waals surface area contributed by atoms with Crippen LogP contribution in [0.5, 0.6) is 5.75 Å². The highest BCUT2D eigenvalue weighted by Gasteiger charge is 2.23. The van der Waals surface area contributed by atoms with Gasteiger partial charge in [0.1, 0.15) is 23.7 Å². The summed E-state index contributed by atoms with van der Waals surface area (Å²) in [6.45, 7) is 2.05. The van der Waals surface area contributed by atoms with Crippen LogP contribution in [0.2, 0.25) is 0 Å². The largest absolute Gasteiger partial charge is 0.486 e. The van der Waals surface area contributed by atoms with Gasteiger partial charge in [0.25, 0.3) is 0 Å². The predicted octanol–water partition coefficient (Wildman–Crippen LogP) is 2.21. The maximum atomic E-state index is 12.7. The Labute approximate surface area is 150 Å². The first-order valence-corrected chi connectivity index (χ1v) is 8.36. The van der Waals surface area contributed by atoms with E-state index in [9.17, 15) is 4.79 Å². The summed E-state index contributed by atoms with van der Waals surface area (Å²) in [5.41, 5.74) is 7.56. The van der Waals surface area contributed by atoms with Crippen LogP contribution in [-0.4, -0.2) is 25.2 Å². The van der Waals surface area contributed by atoms with Crippen molar-refractivity contribution in [3.8, 4) is 5.75 Å². The molecule has 0 spiro atoms. The number of benzene rings is 1. The van der Waals surface area contributed by atoms with Gasteiger partial charge < -0.3 is 10.5 Å². The summed E-state index contributed by atoms with van der Waals surface area (Å²) < 4.78 is 9.05. The predicted molar refractivity (Wildman–Crippen MR) is 101 cm³/mol. The molecule has 1 aromatic carbocycles. The van der Waals surface area contributed by atoms with E-state index in [2.05, 4.69) is 9.97 Å². The Morgan fingerprint density at radius 3 is 2.69 bits per heavy atom. The smallest absolute Gasteiger partial charge is 0.334 e. The number of nitrogens with zero attached hydrogens (tertiary/aromatic N) is 4. The third kappa shape index (κ3) is 2.57. The molecule has 0 amide bonds. The molecular weight excluding hydrogens is 330 g/mol. The molecular formula is C19H19N5O2. The Bertz CT molecular complexity index is 1080. The molecule has 1 aliphatic rings. The fourth-order valence-corrected chi connectivity index (χ4v) is 3.16. The lowest BCUT2D eigenvalue weighted by Gasteiger charge is -2.24. The van der Waals surface area contributed by atoms with Crippen LogP contribution in [0.25, 0.3) is 16.9 Å². The van der Waals surface area contributed by atoms with E-state index in [-0.39, 0.29) is 23.5 Å². The van der Waals surface area contributed by atoms with Gasteiger partial charge in [-0.3, -0.25) is 9.13 Å². The minimum Gasteiger partial charge on any atom is -0.486 e. The number of nitrogens with two attached hydrogens (primary N) is 1. The number of para-hydroxylation sites is 1. The molecule has 2 N–H and O–H groups in total. The molecule has 0 bridgehead atoms. The highest BCUT2D eigenvalue weighted by Crippen LogP contribution is 2.27. The molecule has 4 rings (SSSR count). The van der Waals surface area contributed by atoms with E-state index in [0.717, 1.165) is 11.4 Å². The number of aromatic nitrogens is 4. The number of imidazole rings is 1. The molecule has 0 saturated carbocycles. The van der Waals surface area contributed by atoms with Crippen LogP contribution in [-0.2, 0) is 7.05 Å². The van der Waals surface area contributed by atoms with E-state index in [4.69, 9.17) is 10.5 Å². The van der Waals surface area contributed by atoms with E-state index in [1.165, 1.54) is 10.9 Å². The maximum absolute atomic E-state index is 12.7. The van der Waals surface area contributed by atoms with Gasteiger partial charge in [-0.1, -0.05) is 31.2 Å². The lowest BCUT2D eigenvalue weighted by Crippen LogP contribution is -2.27. The summed E-state index contributed by atoms with van der Waals surface area (Å²) in [5, 5.41) is 0. The van der Waals surface area contributed by atoms with Gasteiger partial charge in [-0.05, 0) is 24.3 Å². The van der Waals surface area contributed by atoms with Crippen LogP contribution >= 0.6 is 0 Å². The van der Waals surface area contributed by atoms with Crippen molar-refractivity contribution in [3.63, 3.8) is 0 Å². The lowest BCUT2D eigenvalue weighted by atomic mass is 9.97. The van der Waals surface area contributed by atoms with Crippen molar-refractivity contribution in [2.45, 2.75) is 13.0 Å². The van der Waals surface area contributed by atoms with Crippen molar-refractivity contribution in [3.05, 3.63) is 65.4 Å². The molecule has 132 valence electrons. The van der Waals surface area contributed by atoms with Crippen molar-refractivity contribution in [1.82, 2.24) is 19.1 Å². The van der Waals surface area contributed by atoms with E-state index in [1.807, 2.05) is 55.5 Å². The molecule has 2 aromatic heterocycles. The molecule has 2 unspecified atom stereocenters. The van der Waals surface area contributed by atoms with Gasteiger partial charge in [-0.25, -0.2) is 14.8 Å². The zero-order valence-electron chi connectivity index (χ0n) is 14.5. The zero-order chi connectivity index (χ0) is 18.3. The lowest BCUT2D eigenvalue weighted by molar-refractivity contribution is 0.210. The minimum absolute atomic E-state index is 0.0724. The quantitative estimate of drug-likeness (QED) is 0.783. The molecule has 26 heavy (non-hydrogen) atoms. The van der Waals surface area contributed by atoms with E-state index < -0.39 is 0 Å². The Morgan fingerprint density at radius 2 is 1.96 bits per heavy atom. The number of aryl methyl sites for hydroxylation is 1. The number of hydrogen-bond donors (Lipinski definition) is 1. The first kappa shape index (κ1) is 16.1. The second kappa shape index (κ2) is 6.18. The molecule has 0 saturated heterocycles. The van der Waals surface area contributed by atoms with E-state index in [1.54, 1.807) is 11.6 Å². The fourth-order valence-electron chi connectivity index (χ4n) is 3.16. The summed E-state index contributed by atoms with van der Waals surface area (Å²) in [6, 6.07) is 9.67. The van der Waals surface area contributed by atoms with Crippen LogP contribution in [0.4, 0.5) is 5.82 Å². The van der Waals surface area contributed by atoms with E-state index in [0.29, 0.717) is 11.2 Å². The minimum atomic E-state index is -0.210. The van der Waals surface area contributed by atoms with Crippen molar-refractivity contribution in [1.29, 1.82) is 0 Å². The topological polar surface area (TPSA) is 88.0 Å². The first-order chi connectivity index (χ1) is 12.6. The average Bonchev–Trinajstić information content (AvgIpc) is 2.90. The van der Waals surface area contributed by atoms with Gasteiger partial charge in [0.15, 0.2) is 11.5 Å². The third-order valence-electron chi connectivity index (χ3n) is 4.53. The van der Waals surface area contributed by atoms with Crippen LogP contribution in [0, 0.1) is 5.92 Å². The van der Waals surface area contributed by atoms with E-state index >= 15 is 0 Å². The van der Waals surface area contributed by atoms with Crippen molar-refractivity contribution in [2.75, 3.05) is 5.73 Å². The number of nitrogen functional groups attached to an aromatic ring is 1. The summed E-state index contributed by atoms with van der Waals surface area (Å²) in [7, 11) is 1.67. The van der Waals surface area contributed by atoms with Gasteiger partial charge in [0, 0.05) is 18.7 Å². The summed E-state index contributed by atoms with van der Waals surface area (Å²) >= 11 is 0. The SMILES string of the molecule is CC1C=C(n2c(=O)n(C)c3ncnc(N)c32)C=CC1Oc1ccccc1. The molecule has 0 radical (unpaired) electrons. The number of ether oxygens (including phenoxy) is 1.